The van der Waals surface area contributed by atoms with Crippen molar-refractivity contribution in [3.63, 3.8) is 0 Å². The fourth-order valence-corrected chi connectivity index (χ4v) is 4.80. The Balaban J connectivity index is 1.68. The first kappa shape index (κ1) is 17.3. The maximum absolute atomic E-state index is 13.4. The molecular formula is C23H24N2O3. The van der Waals surface area contributed by atoms with E-state index in [-0.39, 0.29) is 11.4 Å². The van der Waals surface area contributed by atoms with E-state index in [2.05, 4.69) is 39.8 Å². The van der Waals surface area contributed by atoms with Crippen LogP contribution in [0.3, 0.4) is 0 Å². The summed E-state index contributed by atoms with van der Waals surface area (Å²) in [4.78, 5) is 20.2. The standard InChI is InChI=1S/C23H24N2O3/c1-13-9-16-14(2)12-23(3,4)25-21(16)17(10-13)20(22(25)26)24-15-5-6-18-19(11-15)28-8-7-27-18/h5-6,9-11,14H,7-8,12H2,1-4H3/t14-/m1/s1. The fourth-order valence-electron chi connectivity index (χ4n) is 4.80. The molecule has 0 fully saturated rings. The Labute approximate surface area is 165 Å². The van der Waals surface area contributed by atoms with Gasteiger partial charge in [0.1, 0.15) is 18.9 Å². The highest BCUT2D eigenvalue weighted by molar-refractivity contribution is 6.55. The number of amides is 1. The van der Waals surface area contributed by atoms with E-state index in [4.69, 9.17) is 14.5 Å². The third-order valence-corrected chi connectivity index (χ3v) is 5.88. The highest BCUT2D eigenvalue weighted by atomic mass is 16.6. The molecule has 3 aliphatic heterocycles. The first-order valence-electron chi connectivity index (χ1n) is 9.83. The molecule has 2 aromatic carbocycles. The highest BCUT2D eigenvalue weighted by Gasteiger charge is 2.48. The molecule has 5 heteroatoms. The Hall–Kier alpha value is -2.82. The van der Waals surface area contributed by atoms with Gasteiger partial charge in [-0.1, -0.05) is 18.6 Å². The summed E-state index contributed by atoms with van der Waals surface area (Å²) in [5.74, 6) is 1.79. The second-order valence-corrected chi connectivity index (χ2v) is 8.60. The number of carbonyl (C=O) groups is 1. The zero-order chi connectivity index (χ0) is 19.6. The molecule has 0 aromatic heterocycles. The van der Waals surface area contributed by atoms with E-state index in [0.29, 0.717) is 36.3 Å². The molecule has 0 saturated carbocycles. The van der Waals surface area contributed by atoms with Crippen molar-refractivity contribution in [2.24, 2.45) is 4.99 Å². The molecule has 0 spiro atoms. The van der Waals surface area contributed by atoms with Crippen molar-refractivity contribution < 1.29 is 14.3 Å². The van der Waals surface area contributed by atoms with E-state index < -0.39 is 0 Å². The van der Waals surface area contributed by atoms with Crippen LogP contribution in [0.5, 0.6) is 11.5 Å². The Morgan fingerprint density at radius 1 is 1.11 bits per heavy atom. The van der Waals surface area contributed by atoms with Crippen LogP contribution in [0.2, 0.25) is 0 Å². The summed E-state index contributed by atoms with van der Waals surface area (Å²) in [5.41, 5.74) is 5.36. The Kier molecular flexibility index (Phi) is 3.60. The van der Waals surface area contributed by atoms with E-state index in [1.807, 2.05) is 23.1 Å². The van der Waals surface area contributed by atoms with E-state index in [1.165, 1.54) is 5.56 Å². The van der Waals surface area contributed by atoms with Gasteiger partial charge in [-0.2, -0.15) is 0 Å². The maximum atomic E-state index is 13.4. The smallest absolute Gasteiger partial charge is 0.278 e. The van der Waals surface area contributed by atoms with Crippen LogP contribution in [-0.4, -0.2) is 30.4 Å². The number of nitrogens with zero attached hydrogens (tertiary/aromatic N) is 2. The first-order valence-corrected chi connectivity index (χ1v) is 9.83. The van der Waals surface area contributed by atoms with Gasteiger partial charge in [-0.25, -0.2) is 4.99 Å². The summed E-state index contributed by atoms with van der Waals surface area (Å²) in [6, 6.07) is 9.88. The van der Waals surface area contributed by atoms with Gasteiger partial charge in [0.25, 0.3) is 5.91 Å². The van der Waals surface area contributed by atoms with Crippen LogP contribution in [0, 0.1) is 6.92 Å². The lowest BCUT2D eigenvalue weighted by molar-refractivity contribution is -0.113. The number of hydrogen-bond donors (Lipinski definition) is 0. The van der Waals surface area contributed by atoms with E-state index >= 15 is 0 Å². The lowest BCUT2D eigenvalue weighted by Gasteiger charge is -2.43. The maximum Gasteiger partial charge on any atom is 0.278 e. The van der Waals surface area contributed by atoms with Gasteiger partial charge in [0, 0.05) is 17.2 Å². The molecule has 3 heterocycles. The average molecular weight is 376 g/mol. The lowest BCUT2D eigenvalue weighted by atomic mass is 9.80. The Bertz CT molecular complexity index is 1040. The van der Waals surface area contributed by atoms with Crippen molar-refractivity contribution in [2.45, 2.75) is 45.6 Å². The van der Waals surface area contributed by atoms with Crippen molar-refractivity contribution in [2.75, 3.05) is 18.1 Å². The second-order valence-electron chi connectivity index (χ2n) is 8.60. The minimum atomic E-state index is -0.239. The average Bonchev–Trinajstić information content (AvgIpc) is 2.92. The summed E-state index contributed by atoms with van der Waals surface area (Å²) >= 11 is 0. The molecular weight excluding hydrogens is 352 g/mol. The van der Waals surface area contributed by atoms with Gasteiger partial charge in [-0.05, 0) is 56.9 Å². The number of benzene rings is 2. The molecule has 5 rings (SSSR count). The lowest BCUT2D eigenvalue weighted by Crippen LogP contribution is -2.50. The number of aryl methyl sites for hydroxylation is 1. The van der Waals surface area contributed by atoms with Crippen LogP contribution in [0.1, 0.15) is 49.8 Å². The Morgan fingerprint density at radius 2 is 1.86 bits per heavy atom. The predicted molar refractivity (Wildman–Crippen MR) is 109 cm³/mol. The number of carbonyl (C=O) groups excluding carboxylic acids is 1. The van der Waals surface area contributed by atoms with E-state index in [0.717, 1.165) is 29.0 Å². The molecule has 0 saturated heterocycles. The van der Waals surface area contributed by atoms with Gasteiger partial charge < -0.3 is 14.4 Å². The van der Waals surface area contributed by atoms with Crippen molar-refractivity contribution in [3.8, 4) is 11.5 Å². The van der Waals surface area contributed by atoms with Gasteiger partial charge in [0.2, 0.25) is 0 Å². The number of fused-ring (bicyclic) bond motifs is 1. The molecule has 0 unspecified atom stereocenters. The van der Waals surface area contributed by atoms with Gasteiger partial charge in [-0.15, -0.1) is 0 Å². The monoisotopic (exact) mass is 376 g/mol. The predicted octanol–water partition coefficient (Wildman–Crippen LogP) is 4.52. The fraction of sp³-hybridized carbons (Fsp3) is 0.391. The summed E-state index contributed by atoms with van der Waals surface area (Å²) < 4.78 is 11.3. The molecule has 1 atom stereocenters. The molecule has 5 nitrogen and oxygen atoms in total. The topological polar surface area (TPSA) is 51.1 Å². The number of rotatable bonds is 1. The second kappa shape index (κ2) is 5.84. The van der Waals surface area contributed by atoms with Crippen molar-refractivity contribution >= 4 is 23.0 Å². The third-order valence-electron chi connectivity index (χ3n) is 5.88. The third kappa shape index (κ3) is 2.45. The molecule has 0 bridgehead atoms. The van der Waals surface area contributed by atoms with Crippen molar-refractivity contribution in [1.29, 1.82) is 0 Å². The summed E-state index contributed by atoms with van der Waals surface area (Å²) in [6.45, 7) is 9.68. The quantitative estimate of drug-likeness (QED) is 0.735. The van der Waals surface area contributed by atoms with Crippen LogP contribution >= 0.6 is 0 Å². The van der Waals surface area contributed by atoms with Gasteiger partial charge in [-0.3, -0.25) is 4.79 Å². The summed E-state index contributed by atoms with van der Waals surface area (Å²) in [6.07, 6.45) is 0.936. The Morgan fingerprint density at radius 3 is 2.64 bits per heavy atom. The van der Waals surface area contributed by atoms with E-state index in [1.54, 1.807) is 0 Å². The van der Waals surface area contributed by atoms with Crippen molar-refractivity contribution in [1.82, 2.24) is 0 Å². The van der Waals surface area contributed by atoms with E-state index in [9.17, 15) is 4.79 Å². The SMILES string of the molecule is Cc1cc2c3c(c1)[C@H](C)CC(C)(C)N3C(=O)C2=Nc1ccc2c(c1)OCCO2. The number of ether oxygens (including phenoxy) is 2. The van der Waals surface area contributed by atoms with Crippen LogP contribution in [0.4, 0.5) is 11.4 Å². The minimum Gasteiger partial charge on any atom is -0.486 e. The molecule has 28 heavy (non-hydrogen) atoms. The highest BCUT2D eigenvalue weighted by Crippen LogP contribution is 2.49. The van der Waals surface area contributed by atoms with Gasteiger partial charge in [0.15, 0.2) is 11.5 Å². The number of hydrogen-bond acceptors (Lipinski definition) is 4. The molecule has 3 aliphatic rings. The molecule has 0 N–H and O–H groups in total. The van der Waals surface area contributed by atoms with Crippen LogP contribution in [-0.2, 0) is 4.79 Å². The normalized spacial score (nSPS) is 23.1. The number of anilines is 1. The minimum absolute atomic E-state index is 0.0198. The largest absolute Gasteiger partial charge is 0.486 e. The van der Waals surface area contributed by atoms with Crippen molar-refractivity contribution in [3.05, 3.63) is 47.0 Å². The molecule has 2 aromatic rings. The zero-order valence-electron chi connectivity index (χ0n) is 16.7. The van der Waals surface area contributed by atoms with Crippen LogP contribution < -0.4 is 14.4 Å². The molecule has 144 valence electrons. The van der Waals surface area contributed by atoms with Gasteiger partial charge >= 0.3 is 0 Å². The van der Waals surface area contributed by atoms with Gasteiger partial charge in [0.05, 0.1) is 11.4 Å². The molecule has 0 aliphatic carbocycles. The molecule has 1 amide bonds. The zero-order valence-corrected chi connectivity index (χ0v) is 16.7. The summed E-state index contributed by atoms with van der Waals surface area (Å²) in [7, 11) is 0. The van der Waals surface area contributed by atoms with Crippen LogP contribution in [0.15, 0.2) is 35.3 Å². The first-order chi connectivity index (χ1) is 13.3. The number of aliphatic imine (C=N–C) groups is 1. The van der Waals surface area contributed by atoms with Crippen LogP contribution in [0.25, 0.3) is 0 Å². The summed E-state index contributed by atoms with van der Waals surface area (Å²) in [5, 5.41) is 0. The molecule has 0 radical (unpaired) electrons.